The summed E-state index contributed by atoms with van der Waals surface area (Å²) in [6.07, 6.45) is -1.14. The van der Waals surface area contributed by atoms with E-state index in [4.69, 9.17) is 28.1 Å². The van der Waals surface area contributed by atoms with Gasteiger partial charge in [0.25, 0.3) is 5.56 Å². The molecule has 2 aliphatic rings. The molecule has 2 unspecified atom stereocenters. The molecule has 1 saturated heterocycles. The molecule has 1 fully saturated rings. The number of ether oxygens (including phenoxy) is 1. The van der Waals surface area contributed by atoms with Crippen LogP contribution < -0.4 is 11.2 Å². The predicted molar refractivity (Wildman–Crippen MR) is 108 cm³/mol. The quantitative estimate of drug-likeness (QED) is 0.431. The van der Waals surface area contributed by atoms with Gasteiger partial charge in [0.05, 0.1) is 37.5 Å². The number of rotatable bonds is 9. The van der Waals surface area contributed by atoms with Crippen LogP contribution in [0.4, 0.5) is 0 Å². The van der Waals surface area contributed by atoms with Gasteiger partial charge in [0.1, 0.15) is 6.23 Å². The summed E-state index contributed by atoms with van der Waals surface area (Å²) in [6.45, 7) is 3.63. The first-order valence-corrected chi connectivity index (χ1v) is 12.7. The van der Waals surface area contributed by atoms with Gasteiger partial charge in [-0.25, -0.2) is 4.79 Å². The lowest BCUT2D eigenvalue weighted by atomic mass is 9.94. The van der Waals surface area contributed by atoms with Gasteiger partial charge in [-0.1, -0.05) is 0 Å². The highest BCUT2D eigenvalue weighted by Gasteiger charge is 2.51. The lowest BCUT2D eigenvalue weighted by Crippen LogP contribution is -2.44. The summed E-state index contributed by atoms with van der Waals surface area (Å²) in [5, 5.41) is 8.66. The first-order valence-electron chi connectivity index (χ1n) is 9.36. The van der Waals surface area contributed by atoms with Crippen LogP contribution in [-0.2, 0) is 27.4 Å². The topological polar surface area (TPSA) is 142 Å². The molecule has 5 atom stereocenters. The van der Waals surface area contributed by atoms with Gasteiger partial charge in [0.15, 0.2) is 8.38 Å². The number of nitrogens with one attached hydrogen (secondary N) is 1. The van der Waals surface area contributed by atoms with Crippen LogP contribution in [0.15, 0.2) is 9.59 Å². The Labute approximate surface area is 174 Å². The van der Waals surface area contributed by atoms with Crippen LogP contribution in [0.2, 0.25) is 0 Å². The Bertz CT molecular complexity index is 979. The van der Waals surface area contributed by atoms with Crippen molar-refractivity contribution in [3.05, 3.63) is 32.1 Å². The van der Waals surface area contributed by atoms with Crippen molar-refractivity contribution >= 4 is 16.0 Å². The highest BCUT2D eigenvalue weighted by Crippen LogP contribution is 2.55. The highest BCUT2D eigenvalue weighted by molar-refractivity contribution is 7.53. The summed E-state index contributed by atoms with van der Waals surface area (Å²) in [5.74, 6) is -0.628. The van der Waals surface area contributed by atoms with Crippen LogP contribution in [0.3, 0.4) is 0 Å². The average molecular weight is 461 g/mol. The molecule has 166 valence electrons. The monoisotopic (exact) mass is 461 g/mol. The van der Waals surface area contributed by atoms with Crippen molar-refractivity contribution in [3.63, 3.8) is 0 Å². The Hall–Kier alpha value is -1.37. The highest BCUT2D eigenvalue weighted by atomic mass is 31.2. The Balaban J connectivity index is 1.98. The third-order valence-corrected chi connectivity index (χ3v) is 8.39. The third kappa shape index (κ3) is 4.46. The minimum absolute atomic E-state index is 0.0854. The second kappa shape index (κ2) is 9.41. The summed E-state index contributed by atoms with van der Waals surface area (Å²) < 4.78 is 42.2. The van der Waals surface area contributed by atoms with Crippen molar-refractivity contribution in [3.8, 4) is 6.07 Å². The van der Waals surface area contributed by atoms with Crippen molar-refractivity contribution in [2.24, 2.45) is 0 Å². The van der Waals surface area contributed by atoms with Gasteiger partial charge in [0, 0.05) is 44.5 Å². The van der Waals surface area contributed by atoms with E-state index >= 15 is 0 Å². The first-order chi connectivity index (χ1) is 14.2. The molecule has 0 radical (unpaired) electrons. The smallest absolute Gasteiger partial charge is 0.330 e. The maximum Gasteiger partial charge on any atom is 0.330 e. The number of hydrogen-bond donors (Lipinski definition) is 1. The number of aromatic nitrogens is 2. The van der Waals surface area contributed by atoms with E-state index in [-0.39, 0.29) is 19.2 Å². The fourth-order valence-electron chi connectivity index (χ4n) is 3.93. The van der Waals surface area contributed by atoms with Crippen molar-refractivity contribution in [1.29, 1.82) is 5.26 Å². The molecule has 0 aromatic carbocycles. The Kier molecular flexibility index (Phi) is 7.31. The molecule has 1 aromatic heterocycles. The van der Waals surface area contributed by atoms with Crippen LogP contribution in [0.1, 0.15) is 36.2 Å². The fourth-order valence-corrected chi connectivity index (χ4v) is 6.24. The number of hydrogen-bond acceptors (Lipinski definition) is 9. The molecule has 3 heterocycles. The number of H-pyrrole nitrogens is 1. The molecule has 30 heavy (non-hydrogen) atoms. The summed E-state index contributed by atoms with van der Waals surface area (Å²) in [5.41, 5.74) is -0.293. The van der Waals surface area contributed by atoms with Crippen molar-refractivity contribution < 1.29 is 27.4 Å². The summed E-state index contributed by atoms with van der Waals surface area (Å²) in [4.78, 5) is 27.2. The molecule has 0 amide bonds. The van der Waals surface area contributed by atoms with Crippen molar-refractivity contribution in [2.75, 3.05) is 33.7 Å². The Morgan fingerprint density at radius 2 is 2.07 bits per heavy atom. The van der Waals surface area contributed by atoms with Gasteiger partial charge in [-0.2, -0.15) is 5.26 Å². The normalized spacial score (nSPS) is 26.2. The van der Waals surface area contributed by atoms with E-state index < -0.39 is 51.6 Å². The van der Waals surface area contributed by atoms with Crippen molar-refractivity contribution in [1.82, 2.24) is 9.55 Å². The summed E-state index contributed by atoms with van der Waals surface area (Å²) in [7, 11) is -2.23. The molecule has 11 nitrogen and oxygen atoms in total. The van der Waals surface area contributed by atoms with Gasteiger partial charge in [0.2, 0.25) is 0 Å². The first kappa shape index (κ1) is 23.3. The molecule has 2 bridgehead atoms. The largest absolute Gasteiger partial charge is 0.351 e. The van der Waals surface area contributed by atoms with Gasteiger partial charge < -0.3 is 22.8 Å². The van der Waals surface area contributed by atoms with Crippen LogP contribution in [-0.4, -0.2) is 55.4 Å². The van der Waals surface area contributed by atoms with E-state index in [0.29, 0.717) is 17.7 Å². The molecule has 0 saturated carbocycles. The standard InChI is InChI=1S/C17H25N3O8P2/c1-10-14-11(9-30(23,24-2)25-3)15-12(28-29(4)26-7-5-6-18)8-13(27-15)20(14)17(22)19-16(10)21/h11-13,15H,5,7-9H2,1-4H3,(H,19,21,22)/t11-,12?,13-,15-,29?/m1/s1. The third-order valence-electron chi connectivity index (χ3n) is 5.32. The molecular formula is C17H25N3O8P2. The van der Waals surface area contributed by atoms with Gasteiger partial charge >= 0.3 is 13.3 Å². The number of fused-ring (bicyclic) bond motifs is 4. The fraction of sp³-hybridized carbons (Fsp3) is 0.706. The van der Waals surface area contributed by atoms with Crippen LogP contribution in [0.5, 0.6) is 0 Å². The second-order valence-electron chi connectivity index (χ2n) is 7.02. The minimum Gasteiger partial charge on any atom is -0.351 e. The zero-order valence-electron chi connectivity index (χ0n) is 17.2. The van der Waals surface area contributed by atoms with E-state index in [9.17, 15) is 14.2 Å². The Morgan fingerprint density at radius 3 is 2.70 bits per heavy atom. The molecule has 0 aliphatic carbocycles. The number of nitrogens with zero attached hydrogens (tertiary/aromatic N) is 2. The average Bonchev–Trinajstić information content (AvgIpc) is 3.06. The van der Waals surface area contributed by atoms with E-state index in [2.05, 4.69) is 4.98 Å². The molecule has 0 spiro atoms. The van der Waals surface area contributed by atoms with E-state index in [1.807, 2.05) is 6.07 Å². The van der Waals surface area contributed by atoms with Gasteiger partial charge in [-0.15, -0.1) is 0 Å². The molecule has 3 rings (SSSR count). The molecule has 1 N–H and O–H groups in total. The maximum absolute atomic E-state index is 12.9. The maximum atomic E-state index is 12.9. The van der Waals surface area contributed by atoms with E-state index in [1.54, 1.807) is 13.6 Å². The van der Waals surface area contributed by atoms with Gasteiger partial charge in [-0.3, -0.25) is 18.9 Å². The number of aromatic amines is 1. The zero-order chi connectivity index (χ0) is 22.1. The Morgan fingerprint density at radius 1 is 1.37 bits per heavy atom. The van der Waals surface area contributed by atoms with Gasteiger partial charge in [-0.05, 0) is 6.92 Å². The van der Waals surface area contributed by atoms with Crippen LogP contribution in [0.25, 0.3) is 0 Å². The zero-order valence-corrected chi connectivity index (χ0v) is 19.0. The SMILES string of the molecule is COP(=O)(C[C@@H]1c2c(C)c(=O)[nH]c(=O)n2[C@H]2CC(OP(C)OCCC#N)[C@@H]1O2)OC. The lowest BCUT2D eigenvalue weighted by molar-refractivity contribution is -0.0517. The van der Waals surface area contributed by atoms with Crippen molar-refractivity contribution in [2.45, 2.75) is 44.1 Å². The van der Waals surface area contributed by atoms with E-state index in [1.165, 1.54) is 18.8 Å². The van der Waals surface area contributed by atoms with E-state index in [0.717, 1.165) is 0 Å². The second-order valence-corrected chi connectivity index (χ2v) is 10.7. The molecule has 1 aromatic rings. The van der Waals surface area contributed by atoms with Crippen LogP contribution >= 0.6 is 16.0 Å². The minimum atomic E-state index is -3.49. The van der Waals surface area contributed by atoms with Crippen LogP contribution in [0, 0.1) is 18.3 Å². The summed E-state index contributed by atoms with van der Waals surface area (Å²) >= 11 is 0. The molecule has 13 heteroatoms. The molecule has 2 aliphatic heterocycles. The lowest BCUT2D eigenvalue weighted by Gasteiger charge is -2.35. The summed E-state index contributed by atoms with van der Waals surface area (Å²) in [6, 6.07) is 2.00. The molecular weight excluding hydrogens is 436 g/mol. The predicted octanol–water partition coefficient (Wildman–Crippen LogP) is 1.97. The number of nitriles is 1.